The summed E-state index contributed by atoms with van der Waals surface area (Å²) in [4.78, 5) is 0. The number of fused-ring (bicyclic) bond motifs is 1. The summed E-state index contributed by atoms with van der Waals surface area (Å²) in [6, 6.07) is 8.58. The molecule has 1 aromatic carbocycles. The highest BCUT2D eigenvalue weighted by molar-refractivity contribution is 5.61. The number of hydrogen-bond donors (Lipinski definition) is 2. The molecular weight excluding hydrogens is 224 g/mol. The Bertz CT molecular complexity index is 544. The van der Waals surface area contributed by atoms with Gasteiger partial charge in [-0.15, -0.1) is 0 Å². The molecule has 0 radical (unpaired) electrons. The van der Waals surface area contributed by atoms with Gasteiger partial charge in [-0.25, -0.2) is 0 Å². The molecule has 2 N–H and O–H groups in total. The van der Waals surface area contributed by atoms with Crippen molar-refractivity contribution in [3.63, 3.8) is 0 Å². The molecule has 4 nitrogen and oxygen atoms in total. The normalized spacial score (nSPS) is 13.4. The van der Waals surface area contributed by atoms with Crippen molar-refractivity contribution in [1.82, 2.24) is 15.1 Å². The molecule has 0 amide bonds. The van der Waals surface area contributed by atoms with E-state index in [1.807, 2.05) is 24.0 Å². The molecule has 18 heavy (non-hydrogen) atoms. The maximum atomic E-state index is 4.16. The summed E-state index contributed by atoms with van der Waals surface area (Å²) >= 11 is 0. The highest BCUT2D eigenvalue weighted by Gasteiger charge is 2.12. The summed E-state index contributed by atoms with van der Waals surface area (Å²) in [5.74, 6) is 0. The van der Waals surface area contributed by atoms with E-state index >= 15 is 0 Å². The van der Waals surface area contributed by atoms with E-state index in [2.05, 4.69) is 33.9 Å². The second kappa shape index (κ2) is 4.82. The average Bonchev–Trinajstić information content (AvgIpc) is 2.99. The van der Waals surface area contributed by atoms with Crippen molar-refractivity contribution in [3.05, 3.63) is 47.3 Å². The molecule has 0 bridgehead atoms. The highest BCUT2D eigenvalue weighted by Crippen LogP contribution is 2.26. The van der Waals surface area contributed by atoms with Crippen molar-refractivity contribution >= 4 is 5.69 Å². The molecule has 1 aliphatic rings. The van der Waals surface area contributed by atoms with E-state index in [4.69, 9.17) is 0 Å². The van der Waals surface area contributed by atoms with Crippen LogP contribution in [0.3, 0.4) is 0 Å². The first kappa shape index (κ1) is 11.3. The summed E-state index contributed by atoms with van der Waals surface area (Å²) in [5.41, 5.74) is 5.33. The Morgan fingerprint density at radius 3 is 3.11 bits per heavy atom. The molecule has 0 spiro atoms. The van der Waals surface area contributed by atoms with E-state index in [-0.39, 0.29) is 0 Å². The molecule has 0 aliphatic carbocycles. The predicted octanol–water partition coefficient (Wildman–Crippen LogP) is 1.68. The zero-order valence-electron chi connectivity index (χ0n) is 10.6. The lowest BCUT2D eigenvalue weighted by Gasteiger charge is -2.10. The van der Waals surface area contributed by atoms with Gasteiger partial charge in [-0.1, -0.05) is 18.2 Å². The number of benzene rings is 1. The Labute approximate surface area is 107 Å². The fraction of sp³-hybridized carbons (Fsp3) is 0.357. The van der Waals surface area contributed by atoms with Crippen LogP contribution in [0.2, 0.25) is 0 Å². The number of para-hydroxylation sites is 1. The quantitative estimate of drug-likeness (QED) is 0.857. The molecule has 4 heteroatoms. The Morgan fingerprint density at radius 2 is 2.28 bits per heavy atom. The Kier molecular flexibility index (Phi) is 3.02. The number of nitrogens with one attached hydrogen (secondary N) is 2. The molecular formula is C14H18N4. The van der Waals surface area contributed by atoms with Crippen molar-refractivity contribution in [2.45, 2.75) is 19.5 Å². The van der Waals surface area contributed by atoms with Crippen LogP contribution in [-0.4, -0.2) is 16.3 Å². The maximum absolute atomic E-state index is 4.16. The van der Waals surface area contributed by atoms with Crippen LogP contribution >= 0.6 is 0 Å². The number of anilines is 1. The van der Waals surface area contributed by atoms with Crippen LogP contribution in [0.5, 0.6) is 0 Å². The second-order valence-electron chi connectivity index (χ2n) is 4.68. The Hall–Kier alpha value is -1.81. The topological polar surface area (TPSA) is 41.9 Å². The molecule has 94 valence electrons. The minimum absolute atomic E-state index is 0.847. The van der Waals surface area contributed by atoms with Crippen LogP contribution in [0.1, 0.15) is 16.8 Å². The van der Waals surface area contributed by atoms with Crippen LogP contribution in [0, 0.1) is 0 Å². The van der Waals surface area contributed by atoms with Gasteiger partial charge in [0.2, 0.25) is 0 Å². The van der Waals surface area contributed by atoms with Crippen molar-refractivity contribution in [3.8, 4) is 0 Å². The van der Waals surface area contributed by atoms with Crippen molar-refractivity contribution in [2.24, 2.45) is 7.05 Å². The fourth-order valence-electron chi connectivity index (χ4n) is 2.46. The second-order valence-corrected chi connectivity index (χ2v) is 4.68. The predicted molar refractivity (Wildman–Crippen MR) is 72.4 cm³/mol. The van der Waals surface area contributed by atoms with E-state index in [9.17, 15) is 0 Å². The molecule has 0 atom stereocenters. The van der Waals surface area contributed by atoms with Gasteiger partial charge in [0.15, 0.2) is 0 Å². The number of aryl methyl sites for hydroxylation is 1. The van der Waals surface area contributed by atoms with Gasteiger partial charge in [-0.05, 0) is 23.6 Å². The van der Waals surface area contributed by atoms with Gasteiger partial charge in [0.05, 0.1) is 5.69 Å². The minimum Gasteiger partial charge on any atom is -0.384 e. The third-order valence-corrected chi connectivity index (χ3v) is 3.48. The third-order valence-electron chi connectivity index (χ3n) is 3.48. The first-order chi connectivity index (χ1) is 8.84. The standard InChI is InChI=1S/C14H18N4/c1-18-13(6-8-17-18)10-15-9-12-4-2-3-11-5-7-16-14(11)12/h2-4,6,8,15-16H,5,7,9-10H2,1H3. The van der Waals surface area contributed by atoms with Crippen LogP contribution < -0.4 is 10.6 Å². The van der Waals surface area contributed by atoms with E-state index in [1.165, 1.54) is 22.5 Å². The number of aromatic nitrogens is 2. The largest absolute Gasteiger partial charge is 0.384 e. The van der Waals surface area contributed by atoms with Gasteiger partial charge in [-0.2, -0.15) is 5.10 Å². The van der Waals surface area contributed by atoms with Crippen LogP contribution in [0.25, 0.3) is 0 Å². The lowest BCUT2D eigenvalue weighted by molar-refractivity contribution is 0.626. The number of hydrogen-bond acceptors (Lipinski definition) is 3. The van der Waals surface area contributed by atoms with Crippen molar-refractivity contribution in [1.29, 1.82) is 0 Å². The van der Waals surface area contributed by atoms with Gasteiger partial charge in [0.1, 0.15) is 0 Å². The molecule has 1 aromatic heterocycles. The van der Waals surface area contributed by atoms with E-state index in [1.54, 1.807) is 0 Å². The lowest BCUT2D eigenvalue weighted by atomic mass is 10.1. The van der Waals surface area contributed by atoms with Crippen molar-refractivity contribution in [2.75, 3.05) is 11.9 Å². The zero-order valence-corrected chi connectivity index (χ0v) is 10.6. The minimum atomic E-state index is 0.847. The SMILES string of the molecule is Cn1nccc1CNCc1cccc2c1NCC2. The van der Waals surface area contributed by atoms with Crippen LogP contribution in [-0.2, 0) is 26.6 Å². The summed E-state index contributed by atoms with van der Waals surface area (Å²) in [7, 11) is 1.97. The first-order valence-electron chi connectivity index (χ1n) is 6.37. The van der Waals surface area contributed by atoms with E-state index in [0.717, 1.165) is 26.1 Å². The summed E-state index contributed by atoms with van der Waals surface area (Å²) in [6.07, 6.45) is 2.98. The molecule has 0 fully saturated rings. The zero-order chi connectivity index (χ0) is 12.4. The monoisotopic (exact) mass is 242 g/mol. The van der Waals surface area contributed by atoms with Gasteiger partial charge >= 0.3 is 0 Å². The van der Waals surface area contributed by atoms with Crippen molar-refractivity contribution < 1.29 is 0 Å². The van der Waals surface area contributed by atoms with Gasteiger partial charge in [0, 0.05) is 38.6 Å². The Morgan fingerprint density at radius 1 is 1.33 bits per heavy atom. The smallest absolute Gasteiger partial charge is 0.0518 e. The lowest BCUT2D eigenvalue weighted by Crippen LogP contribution is -2.16. The number of rotatable bonds is 4. The Balaban J connectivity index is 1.64. The molecule has 3 rings (SSSR count). The van der Waals surface area contributed by atoms with Crippen LogP contribution in [0.15, 0.2) is 30.5 Å². The summed E-state index contributed by atoms with van der Waals surface area (Å²) in [5, 5.41) is 11.1. The number of nitrogens with zero attached hydrogens (tertiary/aromatic N) is 2. The van der Waals surface area contributed by atoms with Crippen LogP contribution in [0.4, 0.5) is 5.69 Å². The third kappa shape index (κ3) is 2.11. The molecule has 0 unspecified atom stereocenters. The molecule has 1 aliphatic heterocycles. The molecule has 0 saturated carbocycles. The molecule has 2 aromatic rings. The van der Waals surface area contributed by atoms with Gasteiger partial charge in [-0.3, -0.25) is 4.68 Å². The highest BCUT2D eigenvalue weighted by atomic mass is 15.3. The van der Waals surface area contributed by atoms with E-state index in [0.29, 0.717) is 0 Å². The van der Waals surface area contributed by atoms with E-state index < -0.39 is 0 Å². The molecule has 0 saturated heterocycles. The summed E-state index contributed by atoms with van der Waals surface area (Å²) < 4.78 is 1.90. The summed E-state index contributed by atoms with van der Waals surface area (Å²) in [6.45, 7) is 2.80. The maximum Gasteiger partial charge on any atom is 0.0518 e. The van der Waals surface area contributed by atoms with Gasteiger partial charge < -0.3 is 10.6 Å². The first-order valence-corrected chi connectivity index (χ1v) is 6.37. The molecule has 2 heterocycles. The van der Waals surface area contributed by atoms with Gasteiger partial charge in [0.25, 0.3) is 0 Å². The average molecular weight is 242 g/mol. The fourth-order valence-corrected chi connectivity index (χ4v) is 2.46.